The van der Waals surface area contributed by atoms with Crippen molar-refractivity contribution < 1.29 is 24.5 Å². The predicted octanol–water partition coefficient (Wildman–Crippen LogP) is 2.35. The van der Waals surface area contributed by atoms with Gasteiger partial charge in [0.25, 0.3) is 5.91 Å². The fraction of sp³-hybridized carbons (Fsp3) is 0.190. The third-order valence-corrected chi connectivity index (χ3v) is 5.59. The smallest absolute Gasteiger partial charge is 0.266 e. The lowest BCUT2D eigenvalue weighted by molar-refractivity contribution is -0.310. The molecule has 1 saturated heterocycles. The number of rotatable bonds is 7. The maximum Gasteiger partial charge on any atom is 0.266 e. The monoisotopic (exact) mass is 428 g/mol. The highest BCUT2D eigenvalue weighted by molar-refractivity contribution is 8.26. The van der Waals surface area contributed by atoms with E-state index in [-0.39, 0.29) is 16.5 Å². The third-order valence-electron chi connectivity index (χ3n) is 4.26. The molecule has 1 N–H and O–H groups in total. The van der Waals surface area contributed by atoms with Crippen molar-refractivity contribution in [1.82, 2.24) is 4.90 Å². The van der Waals surface area contributed by atoms with Gasteiger partial charge in [0.05, 0.1) is 23.5 Å². The van der Waals surface area contributed by atoms with Crippen molar-refractivity contribution in [3.63, 3.8) is 0 Å². The second kappa shape index (κ2) is 9.11. The minimum Gasteiger partial charge on any atom is -0.548 e. The highest BCUT2D eigenvalue weighted by atomic mass is 32.2. The third kappa shape index (κ3) is 4.78. The number of aromatic hydroxyl groups is 1. The highest BCUT2D eigenvalue weighted by Crippen LogP contribution is 2.36. The topological polar surface area (TPSA) is 89.9 Å². The van der Waals surface area contributed by atoms with Crippen molar-refractivity contribution in [1.29, 1.82) is 0 Å². The first-order chi connectivity index (χ1) is 13.9. The summed E-state index contributed by atoms with van der Waals surface area (Å²) in [5.41, 5.74) is 1.39. The van der Waals surface area contributed by atoms with Gasteiger partial charge in [0.15, 0.2) is 11.5 Å². The maximum absolute atomic E-state index is 12.9. The number of carbonyl (C=O) groups excluding carboxylic acids is 2. The SMILES string of the molecule is CCOc1cc(/C=C2/SC(=S)N([C@H](Cc3ccccc3)C(=O)[O-])C2=O)ccc1O. The molecule has 2 aromatic carbocycles. The van der Waals surface area contributed by atoms with E-state index in [4.69, 9.17) is 17.0 Å². The van der Waals surface area contributed by atoms with Gasteiger partial charge in [-0.25, -0.2) is 0 Å². The van der Waals surface area contributed by atoms with Crippen LogP contribution in [-0.4, -0.2) is 38.9 Å². The first-order valence-electron chi connectivity index (χ1n) is 8.88. The average Bonchev–Trinajstić information content (AvgIpc) is 2.96. The molecule has 3 rings (SSSR count). The molecule has 1 heterocycles. The molecule has 1 aliphatic rings. The molecule has 0 saturated carbocycles. The molecule has 6 nitrogen and oxygen atoms in total. The van der Waals surface area contributed by atoms with Crippen LogP contribution in [0.2, 0.25) is 0 Å². The molecule has 0 bridgehead atoms. The van der Waals surface area contributed by atoms with E-state index in [1.54, 1.807) is 49.4 Å². The van der Waals surface area contributed by atoms with Gasteiger partial charge in [0.1, 0.15) is 4.32 Å². The quantitative estimate of drug-likeness (QED) is 0.535. The molecule has 29 heavy (non-hydrogen) atoms. The first kappa shape index (κ1) is 20.9. The van der Waals surface area contributed by atoms with E-state index in [9.17, 15) is 19.8 Å². The Balaban J connectivity index is 1.87. The normalized spacial score (nSPS) is 16.3. The number of thiocarbonyl (C=S) groups is 1. The lowest BCUT2D eigenvalue weighted by Crippen LogP contribution is -2.51. The molecule has 0 radical (unpaired) electrons. The van der Waals surface area contributed by atoms with Gasteiger partial charge in [-0.15, -0.1) is 0 Å². The standard InChI is InChI=1S/C21H19NO5S2/c1-2-27-17-11-14(8-9-16(17)23)12-18-19(24)22(21(28)29-18)15(20(25)26)10-13-6-4-3-5-7-13/h3-9,11-12,15,23H,2,10H2,1H3,(H,25,26)/p-1/b18-12+/t15-/m1/s1. The second-order valence-electron chi connectivity index (χ2n) is 6.24. The number of aliphatic carboxylic acids is 1. The number of amides is 1. The summed E-state index contributed by atoms with van der Waals surface area (Å²) in [6.07, 6.45) is 1.69. The zero-order chi connectivity index (χ0) is 21.0. The molecule has 8 heteroatoms. The van der Waals surface area contributed by atoms with Crippen LogP contribution in [0, 0.1) is 0 Å². The average molecular weight is 429 g/mol. The number of carboxylic acids is 1. The van der Waals surface area contributed by atoms with Crippen molar-refractivity contribution in [3.05, 3.63) is 64.6 Å². The molecule has 1 fully saturated rings. The number of phenols is 1. The van der Waals surface area contributed by atoms with Crippen LogP contribution in [0.15, 0.2) is 53.4 Å². The minimum atomic E-state index is -1.37. The van der Waals surface area contributed by atoms with Crippen LogP contribution >= 0.6 is 24.0 Å². The summed E-state index contributed by atoms with van der Waals surface area (Å²) in [6.45, 7) is 2.18. The highest BCUT2D eigenvalue weighted by Gasteiger charge is 2.37. The number of nitrogens with zero attached hydrogens (tertiary/aromatic N) is 1. The van der Waals surface area contributed by atoms with E-state index < -0.39 is 17.9 Å². The molecule has 0 aliphatic carbocycles. The van der Waals surface area contributed by atoms with Crippen molar-refractivity contribution in [2.75, 3.05) is 6.61 Å². The molecule has 0 unspecified atom stereocenters. The van der Waals surface area contributed by atoms with Crippen molar-refractivity contribution in [2.45, 2.75) is 19.4 Å². The molecule has 0 aromatic heterocycles. The Morgan fingerprint density at radius 1 is 1.31 bits per heavy atom. The Morgan fingerprint density at radius 2 is 2.03 bits per heavy atom. The number of hydrogen-bond acceptors (Lipinski definition) is 7. The van der Waals surface area contributed by atoms with E-state index in [2.05, 4.69) is 0 Å². The van der Waals surface area contributed by atoms with Crippen LogP contribution in [0.3, 0.4) is 0 Å². The fourth-order valence-corrected chi connectivity index (χ4v) is 4.27. The number of benzene rings is 2. The Hall–Kier alpha value is -2.84. The largest absolute Gasteiger partial charge is 0.548 e. The van der Waals surface area contributed by atoms with Gasteiger partial charge in [-0.2, -0.15) is 0 Å². The van der Waals surface area contributed by atoms with Crippen LogP contribution in [0.4, 0.5) is 0 Å². The van der Waals surface area contributed by atoms with Gasteiger partial charge in [0.2, 0.25) is 0 Å². The number of phenolic OH excluding ortho intramolecular Hbond substituents is 1. The van der Waals surface area contributed by atoms with Crippen LogP contribution in [0.1, 0.15) is 18.1 Å². The van der Waals surface area contributed by atoms with Crippen molar-refractivity contribution >= 4 is 46.3 Å². The molecule has 0 spiro atoms. The lowest BCUT2D eigenvalue weighted by atomic mass is 10.0. The van der Waals surface area contributed by atoms with Gasteiger partial charge >= 0.3 is 0 Å². The van der Waals surface area contributed by atoms with Gasteiger partial charge in [-0.05, 0) is 42.7 Å². The molecular formula is C21H18NO5S2-. The van der Waals surface area contributed by atoms with Crippen LogP contribution in [-0.2, 0) is 16.0 Å². The minimum absolute atomic E-state index is 0.00331. The summed E-state index contributed by atoms with van der Waals surface area (Å²) < 4.78 is 5.52. The lowest BCUT2D eigenvalue weighted by Gasteiger charge is -2.27. The van der Waals surface area contributed by atoms with E-state index in [0.29, 0.717) is 22.8 Å². The number of ether oxygens (including phenoxy) is 1. The zero-order valence-electron chi connectivity index (χ0n) is 15.5. The molecule has 1 atom stereocenters. The Bertz CT molecular complexity index is 974. The number of carbonyl (C=O) groups is 2. The number of carboxylic acid groups (broad SMARTS) is 1. The fourth-order valence-electron chi connectivity index (χ4n) is 2.91. The van der Waals surface area contributed by atoms with Crippen LogP contribution < -0.4 is 9.84 Å². The summed E-state index contributed by atoms with van der Waals surface area (Å²) in [5.74, 6) is -1.56. The Kier molecular flexibility index (Phi) is 6.56. The summed E-state index contributed by atoms with van der Waals surface area (Å²) >= 11 is 6.31. The number of hydrogen-bond donors (Lipinski definition) is 1. The van der Waals surface area contributed by atoms with E-state index >= 15 is 0 Å². The molecule has 1 aliphatic heterocycles. The van der Waals surface area contributed by atoms with Gasteiger partial charge in [-0.3, -0.25) is 9.69 Å². The molecular weight excluding hydrogens is 410 g/mol. The van der Waals surface area contributed by atoms with Gasteiger partial charge in [0, 0.05) is 0 Å². The Morgan fingerprint density at radius 3 is 2.69 bits per heavy atom. The molecule has 150 valence electrons. The van der Waals surface area contributed by atoms with Crippen molar-refractivity contribution in [3.8, 4) is 11.5 Å². The van der Waals surface area contributed by atoms with Gasteiger partial charge < -0.3 is 19.7 Å². The summed E-state index contributed by atoms with van der Waals surface area (Å²) in [7, 11) is 0. The first-order valence-corrected chi connectivity index (χ1v) is 10.1. The zero-order valence-corrected chi connectivity index (χ0v) is 17.2. The van der Waals surface area contributed by atoms with Gasteiger partial charge in [-0.1, -0.05) is 60.4 Å². The maximum atomic E-state index is 12.9. The van der Waals surface area contributed by atoms with Crippen LogP contribution in [0.5, 0.6) is 11.5 Å². The summed E-state index contributed by atoms with van der Waals surface area (Å²) in [4.78, 5) is 26.1. The summed E-state index contributed by atoms with van der Waals surface area (Å²) in [6, 6.07) is 12.5. The summed E-state index contributed by atoms with van der Waals surface area (Å²) in [5, 5.41) is 21.6. The predicted molar refractivity (Wildman–Crippen MR) is 113 cm³/mol. The van der Waals surface area contributed by atoms with E-state index in [1.165, 1.54) is 6.07 Å². The van der Waals surface area contributed by atoms with E-state index in [0.717, 1.165) is 22.2 Å². The van der Waals surface area contributed by atoms with E-state index in [1.807, 2.05) is 6.07 Å². The number of thioether (sulfide) groups is 1. The molecule has 1 amide bonds. The second-order valence-corrected chi connectivity index (χ2v) is 7.91. The van der Waals surface area contributed by atoms with Crippen LogP contribution in [0.25, 0.3) is 6.08 Å². The molecule has 2 aromatic rings. The Labute approximate surface area is 177 Å². The van der Waals surface area contributed by atoms with Crippen molar-refractivity contribution in [2.24, 2.45) is 0 Å².